The topological polar surface area (TPSA) is 85.7 Å². The molecule has 0 radical (unpaired) electrons. The van der Waals surface area contributed by atoms with E-state index in [1.54, 1.807) is 11.8 Å². The molecular weight excluding hydrogens is 451 g/mol. The van der Waals surface area contributed by atoms with Crippen LogP contribution in [0.5, 0.6) is 0 Å². The summed E-state index contributed by atoms with van der Waals surface area (Å²) in [4.78, 5) is 25.2. The third kappa shape index (κ3) is 7.10. The lowest BCUT2D eigenvalue weighted by Gasteiger charge is -2.26. The first kappa shape index (κ1) is 22.7. The third-order valence-corrected chi connectivity index (χ3v) is 4.42. The number of alkyl carbamates (subject to hydrolysis) is 1. The SMILES string of the molecule is CCCCN(CCNC(=O)OC(C)(C)C)c1c(I)c(C=O)nn1COC. The predicted molar refractivity (Wildman–Crippen MR) is 109 cm³/mol. The molecule has 0 aromatic carbocycles. The number of unbranched alkanes of at least 4 members (excludes halogenated alkanes) is 1. The van der Waals surface area contributed by atoms with Gasteiger partial charge in [-0.25, -0.2) is 9.48 Å². The molecule has 1 aromatic rings. The number of hydrogen-bond acceptors (Lipinski definition) is 6. The molecule has 26 heavy (non-hydrogen) atoms. The first-order valence-electron chi connectivity index (χ1n) is 8.65. The lowest BCUT2D eigenvalue weighted by atomic mass is 10.2. The molecule has 1 aromatic heterocycles. The second-order valence-electron chi connectivity index (χ2n) is 6.83. The van der Waals surface area contributed by atoms with Crippen LogP contribution >= 0.6 is 22.6 Å². The zero-order valence-electron chi connectivity index (χ0n) is 16.2. The van der Waals surface area contributed by atoms with E-state index in [1.807, 2.05) is 20.8 Å². The molecule has 0 unspecified atom stereocenters. The van der Waals surface area contributed by atoms with Gasteiger partial charge < -0.3 is 19.7 Å². The summed E-state index contributed by atoms with van der Waals surface area (Å²) in [6, 6.07) is 0. The molecule has 1 rings (SSSR count). The van der Waals surface area contributed by atoms with Crippen LogP contribution in [-0.4, -0.2) is 54.5 Å². The number of methoxy groups -OCH3 is 1. The normalized spacial score (nSPS) is 11.3. The Labute approximate surface area is 168 Å². The Bertz CT molecular complexity index is 598. The van der Waals surface area contributed by atoms with Crippen molar-refractivity contribution < 1.29 is 19.1 Å². The smallest absolute Gasteiger partial charge is 0.407 e. The molecule has 1 N–H and O–H groups in total. The van der Waals surface area contributed by atoms with Crippen LogP contribution in [0.25, 0.3) is 0 Å². The van der Waals surface area contributed by atoms with E-state index in [2.05, 4.69) is 44.8 Å². The van der Waals surface area contributed by atoms with Gasteiger partial charge in [0.2, 0.25) is 0 Å². The van der Waals surface area contributed by atoms with Crippen molar-refractivity contribution in [1.29, 1.82) is 0 Å². The van der Waals surface area contributed by atoms with Crippen molar-refractivity contribution >= 4 is 40.8 Å². The van der Waals surface area contributed by atoms with Crippen LogP contribution in [0.3, 0.4) is 0 Å². The van der Waals surface area contributed by atoms with Gasteiger partial charge in [0.05, 0.1) is 3.57 Å². The van der Waals surface area contributed by atoms with E-state index in [-0.39, 0.29) is 6.73 Å². The molecule has 0 bridgehead atoms. The fourth-order valence-corrected chi connectivity index (χ4v) is 3.17. The second kappa shape index (κ2) is 10.7. The molecule has 1 amide bonds. The van der Waals surface area contributed by atoms with Gasteiger partial charge in [0.15, 0.2) is 6.29 Å². The zero-order valence-corrected chi connectivity index (χ0v) is 18.3. The summed E-state index contributed by atoms with van der Waals surface area (Å²) in [6.45, 7) is 9.63. The van der Waals surface area contributed by atoms with E-state index in [0.717, 1.165) is 35.1 Å². The van der Waals surface area contributed by atoms with Crippen molar-refractivity contribution in [2.75, 3.05) is 31.6 Å². The minimum Gasteiger partial charge on any atom is -0.444 e. The molecule has 0 aliphatic rings. The molecule has 9 heteroatoms. The van der Waals surface area contributed by atoms with Gasteiger partial charge in [-0.1, -0.05) is 13.3 Å². The Morgan fingerprint density at radius 3 is 2.62 bits per heavy atom. The van der Waals surface area contributed by atoms with Gasteiger partial charge in [0, 0.05) is 26.7 Å². The number of hydrogen-bond donors (Lipinski definition) is 1. The number of nitrogens with one attached hydrogen (secondary N) is 1. The third-order valence-electron chi connectivity index (χ3n) is 3.39. The van der Waals surface area contributed by atoms with E-state index in [0.29, 0.717) is 18.8 Å². The maximum atomic E-state index is 11.8. The number of carbonyl (C=O) groups is 2. The van der Waals surface area contributed by atoms with Gasteiger partial charge in [-0.15, -0.1) is 0 Å². The van der Waals surface area contributed by atoms with Crippen molar-refractivity contribution in [2.45, 2.75) is 52.9 Å². The zero-order chi connectivity index (χ0) is 19.7. The highest BCUT2D eigenvalue weighted by Crippen LogP contribution is 2.25. The minimum atomic E-state index is -0.530. The molecule has 0 aliphatic carbocycles. The summed E-state index contributed by atoms with van der Waals surface area (Å²) in [5, 5.41) is 7.07. The van der Waals surface area contributed by atoms with E-state index < -0.39 is 11.7 Å². The average Bonchev–Trinajstić information content (AvgIpc) is 2.85. The number of aldehydes is 1. The Morgan fingerprint density at radius 2 is 2.08 bits per heavy atom. The Kier molecular flexibility index (Phi) is 9.34. The molecule has 0 fully saturated rings. The molecule has 148 valence electrons. The highest BCUT2D eigenvalue weighted by Gasteiger charge is 2.21. The first-order chi connectivity index (χ1) is 12.2. The summed E-state index contributed by atoms with van der Waals surface area (Å²) < 4.78 is 12.9. The maximum absolute atomic E-state index is 11.8. The molecule has 0 saturated heterocycles. The lowest BCUT2D eigenvalue weighted by Crippen LogP contribution is -2.39. The van der Waals surface area contributed by atoms with Gasteiger partial charge in [0.25, 0.3) is 0 Å². The summed E-state index contributed by atoms with van der Waals surface area (Å²) in [7, 11) is 1.58. The van der Waals surface area contributed by atoms with Crippen molar-refractivity contribution in [2.24, 2.45) is 0 Å². The standard InChI is InChI=1S/C17H29IN4O4/c1-6-7-9-21(10-8-19-16(24)26-17(2,3)4)15-14(18)13(11-23)20-22(15)12-25-5/h11H,6-10,12H2,1-5H3,(H,19,24). The first-order valence-corrected chi connectivity index (χ1v) is 9.73. The number of ether oxygens (including phenoxy) is 2. The largest absolute Gasteiger partial charge is 0.444 e. The van der Waals surface area contributed by atoms with Crippen LogP contribution < -0.4 is 10.2 Å². The minimum absolute atomic E-state index is 0.251. The van der Waals surface area contributed by atoms with Crippen LogP contribution in [0.15, 0.2) is 0 Å². The van der Waals surface area contributed by atoms with Gasteiger partial charge in [0.1, 0.15) is 23.8 Å². The van der Waals surface area contributed by atoms with Gasteiger partial charge >= 0.3 is 6.09 Å². The predicted octanol–water partition coefficient (Wildman–Crippen LogP) is 3.04. The number of carbonyl (C=O) groups excluding carboxylic acids is 2. The highest BCUT2D eigenvalue weighted by atomic mass is 127. The highest BCUT2D eigenvalue weighted by molar-refractivity contribution is 14.1. The summed E-state index contributed by atoms with van der Waals surface area (Å²) in [6.07, 6.45) is 2.32. The molecule has 0 aliphatic heterocycles. The fourth-order valence-electron chi connectivity index (χ4n) is 2.32. The van der Waals surface area contributed by atoms with Crippen molar-refractivity contribution in [3.63, 3.8) is 0 Å². The lowest BCUT2D eigenvalue weighted by molar-refractivity contribution is 0.0529. The van der Waals surface area contributed by atoms with E-state index in [1.165, 1.54) is 0 Å². The Balaban J connectivity index is 2.88. The Hall–Kier alpha value is -1.36. The number of aromatic nitrogens is 2. The van der Waals surface area contributed by atoms with Gasteiger partial charge in [-0.3, -0.25) is 4.79 Å². The number of amides is 1. The van der Waals surface area contributed by atoms with Crippen LogP contribution in [0, 0.1) is 3.57 Å². The monoisotopic (exact) mass is 480 g/mol. The van der Waals surface area contributed by atoms with E-state index in [4.69, 9.17) is 9.47 Å². The molecule has 0 atom stereocenters. The molecule has 0 spiro atoms. The molecule has 0 saturated carbocycles. The van der Waals surface area contributed by atoms with Gasteiger partial charge in [-0.05, 0) is 49.8 Å². The van der Waals surface area contributed by atoms with E-state index >= 15 is 0 Å². The molecule has 8 nitrogen and oxygen atoms in total. The van der Waals surface area contributed by atoms with Crippen LogP contribution in [-0.2, 0) is 16.2 Å². The molecular formula is C17H29IN4O4. The summed E-state index contributed by atoms with van der Waals surface area (Å²) >= 11 is 2.13. The fraction of sp³-hybridized carbons (Fsp3) is 0.706. The summed E-state index contributed by atoms with van der Waals surface area (Å²) in [5.74, 6) is 0.828. The van der Waals surface area contributed by atoms with Crippen LogP contribution in [0.1, 0.15) is 51.0 Å². The van der Waals surface area contributed by atoms with Gasteiger partial charge in [-0.2, -0.15) is 5.10 Å². The van der Waals surface area contributed by atoms with E-state index in [9.17, 15) is 9.59 Å². The Morgan fingerprint density at radius 1 is 1.38 bits per heavy atom. The quantitative estimate of drug-likeness (QED) is 0.410. The second-order valence-corrected chi connectivity index (χ2v) is 7.91. The van der Waals surface area contributed by atoms with Crippen molar-refractivity contribution in [3.05, 3.63) is 9.26 Å². The number of halogens is 1. The van der Waals surface area contributed by atoms with Crippen LogP contribution in [0.2, 0.25) is 0 Å². The van der Waals surface area contributed by atoms with Crippen molar-refractivity contribution in [1.82, 2.24) is 15.1 Å². The van der Waals surface area contributed by atoms with Crippen molar-refractivity contribution in [3.8, 4) is 0 Å². The number of anilines is 1. The average molecular weight is 480 g/mol. The molecule has 1 heterocycles. The number of rotatable bonds is 10. The summed E-state index contributed by atoms with van der Waals surface area (Å²) in [5.41, 5.74) is -0.142. The maximum Gasteiger partial charge on any atom is 0.407 e. The number of nitrogens with zero attached hydrogens (tertiary/aromatic N) is 3. The van der Waals surface area contributed by atoms with Crippen LogP contribution in [0.4, 0.5) is 10.6 Å².